The van der Waals surface area contributed by atoms with Crippen molar-refractivity contribution >= 4 is 0 Å². The molecule has 1 unspecified atom stereocenters. The molecule has 1 rings (SSSR count). The molecule has 1 aromatic rings. The Morgan fingerprint density at radius 3 is 2.55 bits per heavy atom. The first kappa shape index (κ1) is 8.30. The van der Waals surface area contributed by atoms with E-state index in [2.05, 4.69) is 4.98 Å². The minimum Gasteiger partial charge on any atom is -0.362 e. The molecule has 0 spiro atoms. The van der Waals surface area contributed by atoms with Crippen molar-refractivity contribution in [2.24, 2.45) is 5.90 Å². The fourth-order valence-corrected chi connectivity index (χ4v) is 1.24. The van der Waals surface area contributed by atoms with Gasteiger partial charge in [-0.05, 0) is 26.8 Å². The SMILES string of the molecule is Cc1cc(C(C)ON)c(C)[nH]1. The van der Waals surface area contributed by atoms with E-state index in [-0.39, 0.29) is 6.10 Å². The van der Waals surface area contributed by atoms with Crippen LogP contribution in [0.3, 0.4) is 0 Å². The van der Waals surface area contributed by atoms with Crippen LogP contribution in [-0.2, 0) is 4.84 Å². The van der Waals surface area contributed by atoms with Crippen LogP contribution in [-0.4, -0.2) is 4.98 Å². The Labute approximate surface area is 66.5 Å². The predicted octanol–water partition coefficient (Wildman–Crippen LogP) is 1.58. The Morgan fingerprint density at radius 2 is 2.18 bits per heavy atom. The number of nitrogens with one attached hydrogen (secondary N) is 1. The third-order valence-electron chi connectivity index (χ3n) is 1.83. The zero-order chi connectivity index (χ0) is 8.43. The summed E-state index contributed by atoms with van der Waals surface area (Å²) >= 11 is 0. The maximum atomic E-state index is 5.07. The lowest BCUT2D eigenvalue weighted by molar-refractivity contribution is 0.0660. The van der Waals surface area contributed by atoms with Crippen LogP contribution in [0.25, 0.3) is 0 Å². The lowest BCUT2D eigenvalue weighted by atomic mass is 10.1. The van der Waals surface area contributed by atoms with Crippen molar-refractivity contribution in [3.05, 3.63) is 23.0 Å². The lowest BCUT2D eigenvalue weighted by Gasteiger charge is -2.06. The van der Waals surface area contributed by atoms with Crippen molar-refractivity contribution in [3.63, 3.8) is 0 Å². The van der Waals surface area contributed by atoms with E-state index in [1.54, 1.807) is 0 Å². The summed E-state index contributed by atoms with van der Waals surface area (Å²) in [6.07, 6.45) is -0.0278. The molecule has 0 aliphatic rings. The molecule has 3 N–H and O–H groups in total. The number of hydrogen-bond donors (Lipinski definition) is 2. The highest BCUT2D eigenvalue weighted by molar-refractivity contribution is 5.26. The van der Waals surface area contributed by atoms with E-state index in [0.29, 0.717) is 0 Å². The zero-order valence-electron chi connectivity index (χ0n) is 7.14. The van der Waals surface area contributed by atoms with E-state index in [4.69, 9.17) is 10.7 Å². The second-order valence-corrected chi connectivity index (χ2v) is 2.81. The molecule has 1 atom stereocenters. The molecule has 0 aromatic carbocycles. The van der Waals surface area contributed by atoms with Crippen molar-refractivity contribution in [1.82, 2.24) is 4.98 Å². The highest BCUT2D eigenvalue weighted by Gasteiger charge is 2.09. The van der Waals surface area contributed by atoms with Gasteiger partial charge in [-0.2, -0.15) is 0 Å². The van der Waals surface area contributed by atoms with Gasteiger partial charge in [0.1, 0.15) is 6.10 Å². The van der Waals surface area contributed by atoms with Gasteiger partial charge in [-0.3, -0.25) is 4.84 Å². The maximum Gasteiger partial charge on any atom is 0.103 e. The van der Waals surface area contributed by atoms with Gasteiger partial charge in [0, 0.05) is 17.0 Å². The quantitative estimate of drug-likeness (QED) is 0.635. The Kier molecular flexibility index (Phi) is 2.31. The van der Waals surface area contributed by atoms with Gasteiger partial charge in [0.2, 0.25) is 0 Å². The molecular weight excluding hydrogens is 140 g/mol. The van der Waals surface area contributed by atoms with Gasteiger partial charge in [0.25, 0.3) is 0 Å². The van der Waals surface area contributed by atoms with Gasteiger partial charge < -0.3 is 4.98 Å². The van der Waals surface area contributed by atoms with Crippen LogP contribution in [0.2, 0.25) is 0 Å². The lowest BCUT2D eigenvalue weighted by Crippen LogP contribution is -2.05. The maximum absolute atomic E-state index is 5.07. The minimum atomic E-state index is -0.0278. The number of hydrogen-bond acceptors (Lipinski definition) is 2. The molecule has 3 heteroatoms. The Balaban J connectivity index is 2.93. The molecule has 0 aliphatic carbocycles. The van der Waals surface area contributed by atoms with Crippen LogP contribution in [0.1, 0.15) is 30.0 Å². The Hall–Kier alpha value is -0.800. The van der Waals surface area contributed by atoms with Gasteiger partial charge in [-0.25, -0.2) is 5.90 Å². The van der Waals surface area contributed by atoms with Gasteiger partial charge in [-0.15, -0.1) is 0 Å². The Morgan fingerprint density at radius 1 is 1.55 bits per heavy atom. The van der Waals surface area contributed by atoms with Crippen molar-refractivity contribution in [1.29, 1.82) is 0 Å². The normalized spacial score (nSPS) is 13.5. The Bertz CT molecular complexity index is 242. The standard InChI is InChI=1S/C8H14N2O/c1-5-4-8(6(2)10-5)7(3)11-9/h4,7,10H,9H2,1-3H3. The number of aromatic nitrogens is 1. The predicted molar refractivity (Wildman–Crippen MR) is 44.0 cm³/mol. The second-order valence-electron chi connectivity index (χ2n) is 2.81. The topological polar surface area (TPSA) is 51.0 Å². The van der Waals surface area contributed by atoms with E-state index in [1.807, 2.05) is 26.8 Å². The first-order chi connectivity index (χ1) is 5.15. The van der Waals surface area contributed by atoms with E-state index >= 15 is 0 Å². The summed E-state index contributed by atoms with van der Waals surface area (Å²) in [4.78, 5) is 7.90. The molecule has 0 radical (unpaired) electrons. The second kappa shape index (κ2) is 3.07. The smallest absolute Gasteiger partial charge is 0.103 e. The first-order valence-electron chi connectivity index (χ1n) is 3.66. The summed E-state index contributed by atoms with van der Waals surface area (Å²) in [5.41, 5.74) is 3.40. The van der Waals surface area contributed by atoms with Crippen molar-refractivity contribution in [2.75, 3.05) is 0 Å². The van der Waals surface area contributed by atoms with Crippen LogP contribution in [0, 0.1) is 13.8 Å². The summed E-state index contributed by atoms with van der Waals surface area (Å²) < 4.78 is 0. The third-order valence-corrected chi connectivity index (χ3v) is 1.83. The van der Waals surface area contributed by atoms with Gasteiger partial charge in [0.05, 0.1) is 0 Å². The summed E-state index contributed by atoms with van der Waals surface area (Å²) in [6.45, 7) is 5.95. The molecule has 0 fully saturated rings. The van der Waals surface area contributed by atoms with Crippen LogP contribution in [0.15, 0.2) is 6.07 Å². The van der Waals surface area contributed by atoms with Crippen LogP contribution in [0.5, 0.6) is 0 Å². The van der Waals surface area contributed by atoms with E-state index in [9.17, 15) is 0 Å². The molecule has 0 saturated carbocycles. The summed E-state index contributed by atoms with van der Waals surface area (Å²) in [5.74, 6) is 5.07. The van der Waals surface area contributed by atoms with Gasteiger partial charge in [-0.1, -0.05) is 0 Å². The summed E-state index contributed by atoms with van der Waals surface area (Å²) in [7, 11) is 0. The summed E-state index contributed by atoms with van der Waals surface area (Å²) in [6, 6.07) is 2.05. The molecule has 3 nitrogen and oxygen atoms in total. The van der Waals surface area contributed by atoms with E-state index < -0.39 is 0 Å². The minimum absolute atomic E-state index is 0.0278. The van der Waals surface area contributed by atoms with Crippen LogP contribution in [0.4, 0.5) is 0 Å². The summed E-state index contributed by atoms with van der Waals surface area (Å²) in [5, 5.41) is 0. The average molecular weight is 154 g/mol. The third kappa shape index (κ3) is 1.61. The molecule has 0 aliphatic heterocycles. The molecule has 1 heterocycles. The average Bonchev–Trinajstić information content (AvgIpc) is 2.28. The van der Waals surface area contributed by atoms with Crippen molar-refractivity contribution in [3.8, 4) is 0 Å². The number of aryl methyl sites for hydroxylation is 2. The largest absolute Gasteiger partial charge is 0.362 e. The van der Waals surface area contributed by atoms with E-state index in [0.717, 1.165) is 17.0 Å². The molecular formula is C8H14N2O. The molecule has 0 bridgehead atoms. The fourth-order valence-electron chi connectivity index (χ4n) is 1.24. The zero-order valence-corrected chi connectivity index (χ0v) is 7.14. The number of aromatic amines is 1. The monoisotopic (exact) mass is 154 g/mol. The van der Waals surface area contributed by atoms with Crippen molar-refractivity contribution in [2.45, 2.75) is 26.9 Å². The molecule has 1 aromatic heterocycles. The van der Waals surface area contributed by atoms with Crippen LogP contribution < -0.4 is 5.90 Å². The van der Waals surface area contributed by atoms with Gasteiger partial charge in [0.15, 0.2) is 0 Å². The van der Waals surface area contributed by atoms with Crippen molar-refractivity contribution < 1.29 is 4.84 Å². The highest BCUT2D eigenvalue weighted by Crippen LogP contribution is 2.19. The highest BCUT2D eigenvalue weighted by atomic mass is 16.6. The fraction of sp³-hybridized carbons (Fsp3) is 0.500. The molecule has 0 saturated heterocycles. The van der Waals surface area contributed by atoms with Crippen LogP contribution >= 0.6 is 0 Å². The van der Waals surface area contributed by atoms with E-state index in [1.165, 1.54) is 0 Å². The molecule has 62 valence electrons. The number of rotatable bonds is 2. The number of H-pyrrole nitrogens is 1. The number of nitrogens with two attached hydrogens (primary N) is 1. The first-order valence-corrected chi connectivity index (χ1v) is 3.66. The molecule has 11 heavy (non-hydrogen) atoms. The molecule has 0 amide bonds. The van der Waals surface area contributed by atoms with Gasteiger partial charge >= 0.3 is 0 Å².